The Kier molecular flexibility index (Phi) is 8.86. The fourth-order valence-electron chi connectivity index (χ4n) is 2.64. The lowest BCUT2D eigenvalue weighted by Gasteiger charge is -2.14. The summed E-state index contributed by atoms with van der Waals surface area (Å²) in [5.74, 6) is -0.176. The van der Waals surface area contributed by atoms with Gasteiger partial charge in [0, 0.05) is 22.1 Å². The molecule has 3 amide bonds. The number of halogens is 1. The molecule has 0 saturated carbocycles. The van der Waals surface area contributed by atoms with Crippen molar-refractivity contribution in [2.75, 3.05) is 11.9 Å². The van der Waals surface area contributed by atoms with Gasteiger partial charge in [-0.2, -0.15) is 0 Å². The van der Waals surface area contributed by atoms with Crippen molar-refractivity contribution in [3.63, 3.8) is 0 Å². The molecule has 0 atom stereocenters. The molecule has 160 valence electrons. The minimum Gasteiger partial charge on any atom is -0.483 e. The van der Waals surface area contributed by atoms with Crippen LogP contribution in [0.5, 0.6) is 5.75 Å². The third kappa shape index (κ3) is 7.18. The third-order valence-electron chi connectivity index (χ3n) is 4.18. The number of hydrogen-bond acceptors (Lipinski definition) is 4. The Balaban J connectivity index is 1.83. The number of carbonyl (C=O) groups excluding carboxylic acids is 3. The predicted octanol–water partition coefficient (Wildman–Crippen LogP) is 4.15. The molecular formula is C22H26BrN3O4. The number of anilines is 1. The van der Waals surface area contributed by atoms with E-state index in [9.17, 15) is 14.4 Å². The average molecular weight is 476 g/mol. The number of nitrogens with one attached hydrogen (secondary N) is 3. The van der Waals surface area contributed by atoms with Gasteiger partial charge < -0.3 is 10.1 Å². The molecule has 0 saturated heterocycles. The maximum atomic E-state index is 12.2. The number of carbonyl (C=O) groups is 3. The van der Waals surface area contributed by atoms with E-state index in [0.717, 1.165) is 16.5 Å². The van der Waals surface area contributed by atoms with E-state index in [1.807, 2.05) is 32.9 Å². The van der Waals surface area contributed by atoms with Crippen LogP contribution in [0.25, 0.3) is 0 Å². The molecule has 0 heterocycles. The van der Waals surface area contributed by atoms with Gasteiger partial charge >= 0.3 is 0 Å². The first-order valence-corrected chi connectivity index (χ1v) is 10.5. The Bertz CT molecular complexity index is 898. The molecule has 30 heavy (non-hydrogen) atoms. The Morgan fingerprint density at radius 1 is 1.00 bits per heavy atom. The van der Waals surface area contributed by atoms with Gasteiger partial charge in [-0.15, -0.1) is 0 Å². The summed E-state index contributed by atoms with van der Waals surface area (Å²) in [6.07, 6.45) is 1.20. The van der Waals surface area contributed by atoms with E-state index < -0.39 is 11.8 Å². The molecule has 7 nitrogen and oxygen atoms in total. The van der Waals surface area contributed by atoms with Gasteiger partial charge in [-0.25, -0.2) is 0 Å². The summed E-state index contributed by atoms with van der Waals surface area (Å²) in [5.41, 5.74) is 6.62. The predicted molar refractivity (Wildman–Crippen MR) is 119 cm³/mol. The molecule has 0 unspecified atom stereocenters. The van der Waals surface area contributed by atoms with Crippen LogP contribution in [-0.4, -0.2) is 24.3 Å². The van der Waals surface area contributed by atoms with Crippen molar-refractivity contribution < 1.29 is 19.1 Å². The van der Waals surface area contributed by atoms with Crippen molar-refractivity contribution in [1.29, 1.82) is 0 Å². The summed E-state index contributed by atoms with van der Waals surface area (Å²) < 4.78 is 6.54. The Morgan fingerprint density at radius 3 is 2.33 bits per heavy atom. The fourth-order valence-corrected chi connectivity index (χ4v) is 3.01. The molecule has 0 aliphatic carbocycles. The van der Waals surface area contributed by atoms with E-state index in [1.165, 1.54) is 0 Å². The summed E-state index contributed by atoms with van der Waals surface area (Å²) >= 11 is 3.43. The van der Waals surface area contributed by atoms with Crippen LogP contribution in [0.15, 0.2) is 46.9 Å². The highest BCUT2D eigenvalue weighted by molar-refractivity contribution is 9.10. The maximum Gasteiger partial charge on any atom is 0.276 e. The highest BCUT2D eigenvalue weighted by Crippen LogP contribution is 2.29. The fraction of sp³-hybridized carbons (Fsp3) is 0.318. The van der Waals surface area contributed by atoms with Gasteiger partial charge in [0.2, 0.25) is 5.91 Å². The molecular weight excluding hydrogens is 450 g/mol. The number of hydrazine groups is 1. The zero-order chi connectivity index (χ0) is 22.1. The standard InChI is InChI=1S/C22H26BrN3O4/c1-4-5-20(27)24-17-9-6-15(7-10-17)22(29)26-25-21(28)13-30-19-11-8-16(23)12-18(19)14(2)3/h6-12,14H,4-5,13H2,1-3H3,(H,24,27)(H,25,28)(H,26,29). The molecule has 2 rings (SSSR count). The minimum absolute atomic E-state index is 0.0756. The molecule has 2 aromatic rings. The molecule has 0 aliphatic rings. The van der Waals surface area contributed by atoms with Gasteiger partial charge in [0.15, 0.2) is 6.61 Å². The van der Waals surface area contributed by atoms with Gasteiger partial charge in [-0.3, -0.25) is 25.2 Å². The highest BCUT2D eigenvalue weighted by atomic mass is 79.9. The number of hydrogen-bond donors (Lipinski definition) is 3. The van der Waals surface area contributed by atoms with Crippen molar-refractivity contribution in [2.45, 2.75) is 39.5 Å². The Hall–Kier alpha value is -2.87. The lowest BCUT2D eigenvalue weighted by Crippen LogP contribution is -2.43. The minimum atomic E-state index is -0.482. The van der Waals surface area contributed by atoms with Crippen LogP contribution in [0.3, 0.4) is 0 Å². The summed E-state index contributed by atoms with van der Waals surface area (Å²) in [6, 6.07) is 12.0. The molecule has 0 aliphatic heterocycles. The van der Waals surface area contributed by atoms with Crippen molar-refractivity contribution in [3.05, 3.63) is 58.1 Å². The molecule has 0 spiro atoms. The van der Waals surface area contributed by atoms with Crippen LogP contribution in [-0.2, 0) is 9.59 Å². The Morgan fingerprint density at radius 2 is 1.70 bits per heavy atom. The first-order valence-electron chi connectivity index (χ1n) is 9.71. The molecule has 8 heteroatoms. The highest BCUT2D eigenvalue weighted by Gasteiger charge is 2.12. The molecule has 3 N–H and O–H groups in total. The van der Waals surface area contributed by atoms with E-state index in [-0.39, 0.29) is 18.4 Å². The summed E-state index contributed by atoms with van der Waals surface area (Å²) in [7, 11) is 0. The average Bonchev–Trinajstić information content (AvgIpc) is 2.71. The van der Waals surface area contributed by atoms with Crippen LogP contribution in [0.2, 0.25) is 0 Å². The van der Waals surface area contributed by atoms with E-state index in [2.05, 4.69) is 32.1 Å². The second kappa shape index (κ2) is 11.3. The summed E-state index contributed by atoms with van der Waals surface area (Å²) in [4.78, 5) is 35.8. The lowest BCUT2D eigenvalue weighted by atomic mass is 10.0. The van der Waals surface area contributed by atoms with Gasteiger partial charge in [-0.1, -0.05) is 36.7 Å². The van der Waals surface area contributed by atoms with Gasteiger partial charge in [0.05, 0.1) is 0 Å². The van der Waals surface area contributed by atoms with Crippen LogP contribution >= 0.6 is 15.9 Å². The normalized spacial score (nSPS) is 10.4. The molecule has 0 bridgehead atoms. The van der Waals surface area contributed by atoms with E-state index in [1.54, 1.807) is 30.3 Å². The van der Waals surface area contributed by atoms with Gasteiger partial charge in [0.25, 0.3) is 11.8 Å². The summed E-state index contributed by atoms with van der Waals surface area (Å²) in [5, 5.41) is 2.75. The number of ether oxygens (including phenoxy) is 1. The largest absolute Gasteiger partial charge is 0.483 e. The molecule has 0 fully saturated rings. The molecule has 0 radical (unpaired) electrons. The van der Waals surface area contributed by atoms with Crippen LogP contribution in [0.1, 0.15) is 55.5 Å². The second-order valence-electron chi connectivity index (χ2n) is 7.00. The third-order valence-corrected chi connectivity index (χ3v) is 4.67. The number of amides is 3. The molecule has 2 aromatic carbocycles. The van der Waals surface area contributed by atoms with Crippen LogP contribution in [0, 0.1) is 0 Å². The number of benzene rings is 2. The smallest absolute Gasteiger partial charge is 0.276 e. The lowest BCUT2D eigenvalue weighted by molar-refractivity contribution is -0.123. The second-order valence-corrected chi connectivity index (χ2v) is 7.92. The SMILES string of the molecule is CCCC(=O)Nc1ccc(C(=O)NNC(=O)COc2ccc(Br)cc2C(C)C)cc1. The monoisotopic (exact) mass is 475 g/mol. The first kappa shape index (κ1) is 23.4. The maximum absolute atomic E-state index is 12.2. The van der Waals surface area contributed by atoms with Crippen molar-refractivity contribution in [1.82, 2.24) is 10.9 Å². The zero-order valence-electron chi connectivity index (χ0n) is 17.3. The quantitative estimate of drug-likeness (QED) is 0.499. The number of rotatable bonds is 8. The van der Waals surface area contributed by atoms with E-state index in [0.29, 0.717) is 23.4 Å². The molecule has 0 aromatic heterocycles. The van der Waals surface area contributed by atoms with Crippen molar-refractivity contribution in [2.24, 2.45) is 0 Å². The summed E-state index contributed by atoms with van der Waals surface area (Å²) in [6.45, 7) is 5.77. The van der Waals surface area contributed by atoms with E-state index >= 15 is 0 Å². The van der Waals surface area contributed by atoms with Gasteiger partial charge in [-0.05, 0) is 60.4 Å². The van der Waals surface area contributed by atoms with Crippen molar-refractivity contribution >= 4 is 39.3 Å². The van der Waals surface area contributed by atoms with E-state index in [4.69, 9.17) is 4.74 Å². The van der Waals surface area contributed by atoms with Gasteiger partial charge in [0.1, 0.15) is 5.75 Å². The topological polar surface area (TPSA) is 96.5 Å². The first-order chi connectivity index (χ1) is 14.3. The van der Waals surface area contributed by atoms with Crippen molar-refractivity contribution in [3.8, 4) is 5.75 Å². The Labute approximate surface area is 184 Å². The van der Waals surface area contributed by atoms with Crippen LogP contribution < -0.4 is 20.9 Å². The zero-order valence-corrected chi connectivity index (χ0v) is 18.8. The van der Waals surface area contributed by atoms with Crippen LogP contribution in [0.4, 0.5) is 5.69 Å².